The number of carbonyl (C=O) groups is 1. The number of rotatable bonds is 8. The van der Waals surface area contributed by atoms with Crippen LogP contribution >= 0.6 is 12.4 Å². The predicted molar refractivity (Wildman–Crippen MR) is 105 cm³/mol. The maximum absolute atomic E-state index is 12.5. The number of aryl methyl sites for hydroxylation is 1. The predicted octanol–water partition coefficient (Wildman–Crippen LogP) is 2.52. The molecule has 1 saturated heterocycles. The Bertz CT molecular complexity index is 550. The lowest BCUT2D eigenvalue weighted by Gasteiger charge is -2.32. The Morgan fingerprint density at radius 3 is 2.15 bits per heavy atom. The van der Waals surface area contributed by atoms with Crippen molar-refractivity contribution in [1.29, 1.82) is 0 Å². The molecule has 1 amide bonds. The molecule has 0 spiro atoms. The van der Waals surface area contributed by atoms with Gasteiger partial charge in [0.25, 0.3) is 0 Å². The van der Waals surface area contributed by atoms with Crippen LogP contribution in [0.25, 0.3) is 0 Å². The summed E-state index contributed by atoms with van der Waals surface area (Å²) in [6, 6.07) is 3.82. The van der Waals surface area contributed by atoms with Gasteiger partial charge in [-0.25, -0.2) is 0 Å². The molecule has 26 heavy (non-hydrogen) atoms. The molecule has 2 rings (SSSR count). The van der Waals surface area contributed by atoms with Crippen molar-refractivity contribution in [2.75, 3.05) is 48.0 Å². The number of halogens is 1. The highest BCUT2D eigenvalue weighted by Gasteiger charge is 2.22. The first kappa shape index (κ1) is 22.4. The summed E-state index contributed by atoms with van der Waals surface area (Å²) >= 11 is 0. The van der Waals surface area contributed by atoms with Crippen LogP contribution < -0.4 is 19.5 Å². The van der Waals surface area contributed by atoms with E-state index in [0.717, 1.165) is 38.0 Å². The van der Waals surface area contributed by atoms with Crippen LogP contribution in [0.2, 0.25) is 0 Å². The molecule has 1 aliphatic heterocycles. The minimum absolute atomic E-state index is 0. The van der Waals surface area contributed by atoms with Gasteiger partial charge < -0.3 is 24.4 Å². The normalized spacial score (nSPS) is 14.5. The Balaban J connectivity index is 0.00000338. The van der Waals surface area contributed by atoms with Crippen molar-refractivity contribution >= 4 is 18.3 Å². The molecule has 0 bridgehead atoms. The molecule has 0 unspecified atom stereocenters. The van der Waals surface area contributed by atoms with E-state index in [1.165, 1.54) is 0 Å². The van der Waals surface area contributed by atoms with Crippen LogP contribution in [-0.4, -0.2) is 58.8 Å². The number of methoxy groups -OCH3 is 3. The lowest BCUT2D eigenvalue weighted by molar-refractivity contribution is -0.132. The first-order valence-corrected chi connectivity index (χ1v) is 8.84. The van der Waals surface area contributed by atoms with E-state index in [1.807, 2.05) is 24.1 Å². The summed E-state index contributed by atoms with van der Waals surface area (Å²) in [5.74, 6) is 2.72. The lowest BCUT2D eigenvalue weighted by Crippen LogP contribution is -2.40. The van der Waals surface area contributed by atoms with E-state index in [4.69, 9.17) is 14.2 Å². The van der Waals surface area contributed by atoms with Gasteiger partial charge in [-0.2, -0.15) is 0 Å². The van der Waals surface area contributed by atoms with Crippen LogP contribution in [0.3, 0.4) is 0 Å². The number of nitrogens with zero attached hydrogens (tertiary/aromatic N) is 1. The number of piperidine rings is 1. The van der Waals surface area contributed by atoms with Crippen molar-refractivity contribution < 1.29 is 19.0 Å². The molecule has 0 radical (unpaired) electrons. The van der Waals surface area contributed by atoms with E-state index in [1.54, 1.807) is 21.3 Å². The fourth-order valence-corrected chi connectivity index (χ4v) is 3.36. The molecule has 1 N–H and O–H groups in total. The van der Waals surface area contributed by atoms with Crippen molar-refractivity contribution in [2.24, 2.45) is 5.92 Å². The Morgan fingerprint density at radius 1 is 1.12 bits per heavy atom. The second-order valence-electron chi connectivity index (χ2n) is 6.42. The maximum atomic E-state index is 12.5. The van der Waals surface area contributed by atoms with Gasteiger partial charge in [-0.15, -0.1) is 12.4 Å². The van der Waals surface area contributed by atoms with Crippen molar-refractivity contribution in [2.45, 2.75) is 25.7 Å². The second-order valence-corrected chi connectivity index (χ2v) is 6.42. The number of carbonyl (C=O) groups excluding carboxylic acids is 1. The molecule has 6 nitrogen and oxygen atoms in total. The summed E-state index contributed by atoms with van der Waals surface area (Å²) < 4.78 is 16.1. The first-order chi connectivity index (χ1) is 12.1. The molecular formula is C19H31ClN2O4. The third kappa shape index (κ3) is 5.68. The van der Waals surface area contributed by atoms with E-state index in [-0.39, 0.29) is 18.3 Å². The van der Waals surface area contributed by atoms with Crippen molar-refractivity contribution in [3.8, 4) is 17.2 Å². The molecule has 0 atom stereocenters. The fraction of sp³-hybridized carbons (Fsp3) is 0.632. The molecule has 1 aliphatic rings. The molecule has 1 heterocycles. The van der Waals surface area contributed by atoms with Gasteiger partial charge in [-0.3, -0.25) is 4.79 Å². The molecule has 1 aromatic rings. The average Bonchev–Trinajstić information content (AvgIpc) is 2.65. The van der Waals surface area contributed by atoms with E-state index in [2.05, 4.69) is 5.32 Å². The number of amides is 1. The molecule has 1 aromatic carbocycles. The number of ether oxygens (including phenoxy) is 3. The van der Waals surface area contributed by atoms with Gasteiger partial charge in [-0.1, -0.05) is 0 Å². The largest absolute Gasteiger partial charge is 0.493 e. The van der Waals surface area contributed by atoms with Crippen LogP contribution in [0, 0.1) is 5.92 Å². The van der Waals surface area contributed by atoms with E-state index < -0.39 is 0 Å². The molecule has 148 valence electrons. The van der Waals surface area contributed by atoms with E-state index in [0.29, 0.717) is 36.0 Å². The van der Waals surface area contributed by atoms with Crippen molar-refractivity contribution in [3.63, 3.8) is 0 Å². The van der Waals surface area contributed by atoms with Crippen LogP contribution in [0.1, 0.15) is 24.8 Å². The third-order valence-corrected chi connectivity index (χ3v) is 4.81. The summed E-state index contributed by atoms with van der Waals surface area (Å²) in [6.07, 6.45) is 3.31. The zero-order valence-electron chi connectivity index (χ0n) is 16.2. The van der Waals surface area contributed by atoms with Crippen molar-refractivity contribution in [3.05, 3.63) is 17.7 Å². The number of hydrogen-bond acceptors (Lipinski definition) is 5. The second kappa shape index (κ2) is 11.1. The average molecular weight is 387 g/mol. The molecule has 0 aromatic heterocycles. The quantitative estimate of drug-likeness (QED) is 0.743. The zero-order chi connectivity index (χ0) is 18.2. The first-order valence-electron chi connectivity index (χ1n) is 8.84. The smallest absolute Gasteiger partial charge is 0.222 e. The Kier molecular flexibility index (Phi) is 9.59. The van der Waals surface area contributed by atoms with Gasteiger partial charge >= 0.3 is 0 Å². The number of benzene rings is 1. The molecule has 0 saturated carbocycles. The summed E-state index contributed by atoms with van der Waals surface area (Å²) in [4.78, 5) is 14.5. The highest BCUT2D eigenvalue weighted by Crippen LogP contribution is 2.38. The van der Waals surface area contributed by atoms with E-state index in [9.17, 15) is 4.79 Å². The third-order valence-electron chi connectivity index (χ3n) is 4.81. The topological polar surface area (TPSA) is 60.0 Å². The summed E-state index contributed by atoms with van der Waals surface area (Å²) in [5, 5.41) is 3.22. The number of nitrogens with one attached hydrogen (secondary N) is 1. The summed E-state index contributed by atoms with van der Waals surface area (Å²) in [7, 11) is 6.76. The molecule has 0 aliphatic carbocycles. The van der Waals surface area contributed by atoms with Gasteiger partial charge in [-0.05, 0) is 56.5 Å². The number of likely N-dealkylation sites (tertiary alicyclic amines) is 1. The van der Waals surface area contributed by atoms with Gasteiger partial charge in [0.2, 0.25) is 11.7 Å². The van der Waals surface area contributed by atoms with Gasteiger partial charge in [0.1, 0.15) is 0 Å². The van der Waals surface area contributed by atoms with Gasteiger partial charge in [0.05, 0.1) is 21.3 Å². The Hall–Kier alpha value is -1.66. The monoisotopic (exact) mass is 386 g/mol. The zero-order valence-corrected chi connectivity index (χ0v) is 17.0. The summed E-state index contributed by atoms with van der Waals surface area (Å²) in [6.45, 7) is 2.76. The standard InChI is InChI=1S/C19H30N2O4.ClH/c1-20-13-14-7-9-21(10-8-14)18(22)6-5-15-11-16(23-2)19(25-4)17(12-15)24-3;/h11-12,14,20H,5-10,13H2,1-4H3;1H. The van der Waals surface area contributed by atoms with Gasteiger partial charge in [0, 0.05) is 19.5 Å². The number of hydrogen-bond donors (Lipinski definition) is 1. The highest BCUT2D eigenvalue weighted by molar-refractivity contribution is 5.85. The lowest BCUT2D eigenvalue weighted by atomic mass is 9.96. The Labute approximate surface area is 162 Å². The van der Waals surface area contributed by atoms with Crippen LogP contribution in [0.5, 0.6) is 17.2 Å². The molecule has 7 heteroatoms. The van der Waals surface area contributed by atoms with Gasteiger partial charge in [0.15, 0.2) is 11.5 Å². The highest BCUT2D eigenvalue weighted by atomic mass is 35.5. The Morgan fingerprint density at radius 2 is 1.69 bits per heavy atom. The SMILES string of the molecule is CNCC1CCN(C(=O)CCc2cc(OC)c(OC)c(OC)c2)CC1.Cl. The summed E-state index contributed by atoms with van der Waals surface area (Å²) in [5.41, 5.74) is 1.01. The maximum Gasteiger partial charge on any atom is 0.222 e. The molecule has 1 fully saturated rings. The fourth-order valence-electron chi connectivity index (χ4n) is 3.36. The van der Waals surface area contributed by atoms with E-state index >= 15 is 0 Å². The minimum Gasteiger partial charge on any atom is -0.493 e. The van der Waals surface area contributed by atoms with Crippen LogP contribution in [0.15, 0.2) is 12.1 Å². The van der Waals surface area contributed by atoms with Crippen LogP contribution in [-0.2, 0) is 11.2 Å². The van der Waals surface area contributed by atoms with Crippen LogP contribution in [0.4, 0.5) is 0 Å². The van der Waals surface area contributed by atoms with Crippen molar-refractivity contribution in [1.82, 2.24) is 10.2 Å². The molecular weight excluding hydrogens is 356 g/mol. The minimum atomic E-state index is 0.